The van der Waals surface area contributed by atoms with Gasteiger partial charge in [-0.25, -0.2) is 23.5 Å². The number of likely N-dealkylation sites (tertiary alicyclic amines) is 1. The summed E-state index contributed by atoms with van der Waals surface area (Å²) >= 11 is 13.5. The minimum absolute atomic E-state index is 0.133. The number of aromatic nitrogens is 1. The molecule has 1 fully saturated rings. The normalized spacial score (nSPS) is 18.7. The Labute approximate surface area is 296 Å². The van der Waals surface area contributed by atoms with E-state index < -0.39 is 33.0 Å². The summed E-state index contributed by atoms with van der Waals surface area (Å²) in [7, 11) is -1.35. The van der Waals surface area contributed by atoms with Gasteiger partial charge in [0.15, 0.2) is 0 Å². The van der Waals surface area contributed by atoms with E-state index in [4.69, 9.17) is 21.1 Å². The highest BCUT2D eigenvalue weighted by Crippen LogP contribution is 2.47. The van der Waals surface area contributed by atoms with Gasteiger partial charge in [-0.3, -0.25) is 4.90 Å². The predicted molar refractivity (Wildman–Crippen MR) is 194 cm³/mol. The lowest BCUT2D eigenvalue weighted by Crippen LogP contribution is -2.43. The summed E-state index contributed by atoms with van der Waals surface area (Å²) in [5.41, 5.74) is -0.0932. The lowest BCUT2D eigenvalue weighted by molar-refractivity contribution is 0.0255. The number of nitrogens with zero attached hydrogens (tertiary/aromatic N) is 3. The van der Waals surface area contributed by atoms with Gasteiger partial charge in [-0.15, -0.1) is 22.7 Å². The van der Waals surface area contributed by atoms with Gasteiger partial charge in [0, 0.05) is 40.9 Å². The zero-order valence-electron chi connectivity index (χ0n) is 27.9. The van der Waals surface area contributed by atoms with Crippen molar-refractivity contribution in [2.45, 2.75) is 110 Å². The molecule has 1 saturated heterocycles. The highest BCUT2D eigenvalue weighted by molar-refractivity contribution is 9.10. The number of ether oxygens (including phenoxy) is 2. The SMILES string of the molecule is CC(C)(C)OC(=O)N1CCC(NS(=O)C(C)(C)C)C(c2sc3c(N(Cc4cccs4)C(=O)OC(C)(C)C)cc(Cl)nc3c2Br)CC1. The van der Waals surface area contributed by atoms with Crippen molar-refractivity contribution in [2.24, 2.45) is 0 Å². The standard InChI is InChI=1S/C32H44BrClN4O5S3/c1-30(2,3)42-28(39)37-14-12-20(21(13-15-37)36-46(41)32(7,8)9)26-24(33)25-27(45-26)22(17-23(34)35-25)38(18-19-11-10-16-44-19)29(40)43-31(4,5)6/h10-11,16-17,20-21,36H,12-15,18H2,1-9H3. The molecule has 1 N–H and O–H groups in total. The van der Waals surface area contributed by atoms with Crippen LogP contribution in [0.3, 0.4) is 0 Å². The van der Waals surface area contributed by atoms with Crippen LogP contribution in [-0.4, -0.2) is 61.4 Å². The van der Waals surface area contributed by atoms with Crippen LogP contribution < -0.4 is 9.62 Å². The number of halogens is 2. The quantitative estimate of drug-likeness (QED) is 0.251. The number of nitrogens with one attached hydrogen (secondary N) is 1. The third kappa shape index (κ3) is 9.43. The van der Waals surface area contributed by atoms with Gasteiger partial charge in [-0.05, 0) is 103 Å². The second-order valence-electron chi connectivity index (χ2n) is 14.3. The molecular formula is C32H44BrClN4O5S3. The molecule has 46 heavy (non-hydrogen) atoms. The largest absolute Gasteiger partial charge is 0.444 e. The molecule has 0 saturated carbocycles. The van der Waals surface area contributed by atoms with E-state index in [1.165, 1.54) is 11.3 Å². The number of carbonyl (C=O) groups excluding carboxylic acids is 2. The lowest BCUT2D eigenvalue weighted by atomic mass is 9.94. The van der Waals surface area contributed by atoms with Crippen molar-refractivity contribution in [3.8, 4) is 0 Å². The average Bonchev–Trinajstić information content (AvgIpc) is 3.47. The molecule has 9 nitrogen and oxygen atoms in total. The zero-order chi connectivity index (χ0) is 34.2. The maximum Gasteiger partial charge on any atom is 0.415 e. The van der Waals surface area contributed by atoms with E-state index in [2.05, 4.69) is 25.6 Å². The molecule has 2 amide bonds. The van der Waals surface area contributed by atoms with E-state index in [-0.39, 0.29) is 23.2 Å². The molecule has 0 spiro atoms. The molecule has 3 aromatic rings. The molecule has 1 aliphatic heterocycles. The number of hydrogen-bond acceptors (Lipinski definition) is 8. The molecule has 3 atom stereocenters. The van der Waals surface area contributed by atoms with Gasteiger partial charge < -0.3 is 14.4 Å². The summed E-state index contributed by atoms with van der Waals surface area (Å²) in [5, 5.41) is 2.21. The summed E-state index contributed by atoms with van der Waals surface area (Å²) in [5.74, 6) is -0.133. The fourth-order valence-corrected chi connectivity index (χ4v) is 9.06. The number of fused-ring (bicyclic) bond motifs is 1. The third-order valence-corrected chi connectivity index (χ3v) is 12.1. The molecule has 4 rings (SSSR count). The van der Waals surface area contributed by atoms with Gasteiger partial charge in [0.2, 0.25) is 0 Å². The van der Waals surface area contributed by atoms with Crippen LogP contribution in [0.5, 0.6) is 0 Å². The maximum atomic E-state index is 13.7. The number of carbonyl (C=O) groups is 2. The number of rotatable bonds is 6. The van der Waals surface area contributed by atoms with E-state index in [1.54, 1.807) is 27.2 Å². The molecule has 4 heterocycles. The smallest absolute Gasteiger partial charge is 0.415 e. The van der Waals surface area contributed by atoms with Crippen LogP contribution in [0.4, 0.5) is 15.3 Å². The second-order valence-corrected chi connectivity index (χ2v) is 19.6. The number of anilines is 1. The molecule has 0 aromatic carbocycles. The van der Waals surface area contributed by atoms with Gasteiger partial charge in [0.25, 0.3) is 0 Å². The van der Waals surface area contributed by atoms with Gasteiger partial charge >= 0.3 is 12.2 Å². The summed E-state index contributed by atoms with van der Waals surface area (Å²) in [4.78, 5) is 36.8. The number of thiophene rings is 2. The molecule has 0 radical (unpaired) electrons. The van der Waals surface area contributed by atoms with Crippen LogP contribution in [-0.2, 0) is 27.0 Å². The van der Waals surface area contributed by atoms with Gasteiger partial charge in [-0.2, -0.15) is 0 Å². The van der Waals surface area contributed by atoms with Crippen molar-refractivity contribution in [1.82, 2.24) is 14.6 Å². The Morgan fingerprint density at radius 2 is 1.76 bits per heavy atom. The van der Waals surface area contributed by atoms with Crippen molar-refractivity contribution < 1.29 is 23.3 Å². The first-order valence-corrected chi connectivity index (χ1v) is 19.2. The molecule has 1 aliphatic rings. The first kappa shape index (κ1) is 37.1. The molecule has 254 valence electrons. The van der Waals surface area contributed by atoms with Gasteiger partial charge in [0.05, 0.1) is 42.7 Å². The number of amides is 2. The maximum absolute atomic E-state index is 13.7. The fourth-order valence-electron chi connectivity index (χ4n) is 4.96. The topological polar surface area (TPSA) is 101 Å². The Kier molecular flexibility index (Phi) is 11.6. The van der Waals surface area contributed by atoms with Crippen LogP contribution in [0.25, 0.3) is 10.2 Å². The monoisotopic (exact) mass is 774 g/mol. The predicted octanol–water partition coefficient (Wildman–Crippen LogP) is 9.25. The Morgan fingerprint density at radius 1 is 1.11 bits per heavy atom. The molecule has 3 unspecified atom stereocenters. The minimum Gasteiger partial charge on any atom is -0.444 e. The molecular weight excluding hydrogens is 732 g/mol. The summed E-state index contributed by atoms with van der Waals surface area (Å²) in [6.45, 7) is 18.1. The Bertz CT molecular complexity index is 1580. The van der Waals surface area contributed by atoms with Crippen LogP contribution in [0.2, 0.25) is 5.15 Å². The van der Waals surface area contributed by atoms with Gasteiger partial charge in [0.1, 0.15) is 16.4 Å². The number of hydrogen-bond donors (Lipinski definition) is 1. The molecule has 0 aliphatic carbocycles. The van der Waals surface area contributed by atoms with Crippen LogP contribution in [0, 0.1) is 0 Å². The van der Waals surface area contributed by atoms with E-state index in [9.17, 15) is 13.8 Å². The first-order valence-electron chi connectivity index (χ1n) is 15.2. The van der Waals surface area contributed by atoms with Crippen molar-refractivity contribution >= 4 is 89.3 Å². The van der Waals surface area contributed by atoms with Crippen molar-refractivity contribution in [3.05, 3.63) is 43.0 Å². The zero-order valence-corrected chi connectivity index (χ0v) is 32.7. The molecule has 14 heteroatoms. The summed E-state index contributed by atoms with van der Waals surface area (Å²) < 4.78 is 29.4. The van der Waals surface area contributed by atoms with E-state index in [0.29, 0.717) is 43.7 Å². The van der Waals surface area contributed by atoms with E-state index >= 15 is 0 Å². The van der Waals surface area contributed by atoms with Crippen LogP contribution >= 0.6 is 50.2 Å². The minimum atomic E-state index is -1.35. The van der Waals surface area contributed by atoms with Gasteiger partial charge in [-0.1, -0.05) is 17.7 Å². The van der Waals surface area contributed by atoms with Crippen molar-refractivity contribution in [1.29, 1.82) is 0 Å². The van der Waals surface area contributed by atoms with Crippen LogP contribution in [0.1, 0.15) is 90.8 Å². The Balaban J connectivity index is 1.81. The first-order chi connectivity index (χ1) is 21.2. The van der Waals surface area contributed by atoms with Crippen molar-refractivity contribution in [2.75, 3.05) is 18.0 Å². The Hall–Kier alpha value is -1.77. The highest BCUT2D eigenvalue weighted by Gasteiger charge is 2.37. The number of pyridine rings is 1. The average molecular weight is 776 g/mol. The lowest BCUT2D eigenvalue weighted by Gasteiger charge is -2.28. The highest BCUT2D eigenvalue weighted by atomic mass is 79.9. The molecule has 3 aromatic heterocycles. The summed E-state index contributed by atoms with van der Waals surface area (Å²) in [6.07, 6.45) is 0.308. The van der Waals surface area contributed by atoms with E-state index in [1.807, 2.05) is 79.8 Å². The van der Waals surface area contributed by atoms with Crippen molar-refractivity contribution in [3.63, 3.8) is 0 Å². The van der Waals surface area contributed by atoms with E-state index in [0.717, 1.165) is 18.9 Å². The second kappa shape index (κ2) is 14.4. The third-order valence-electron chi connectivity index (χ3n) is 7.07. The molecule has 0 bridgehead atoms. The van der Waals surface area contributed by atoms with Crippen LogP contribution in [0.15, 0.2) is 28.1 Å². The fraction of sp³-hybridized carbons (Fsp3) is 0.594. The Morgan fingerprint density at radius 3 is 2.35 bits per heavy atom. The summed E-state index contributed by atoms with van der Waals surface area (Å²) in [6, 6.07) is 5.41.